The van der Waals surface area contributed by atoms with E-state index in [4.69, 9.17) is 4.98 Å². The number of hydrogen-bond donors (Lipinski definition) is 3. The lowest BCUT2D eigenvalue weighted by atomic mass is 9.78. The van der Waals surface area contributed by atoms with Gasteiger partial charge in [-0.25, -0.2) is 24.1 Å². The molecule has 188 valence electrons. The van der Waals surface area contributed by atoms with Crippen LogP contribution in [-0.4, -0.2) is 31.1 Å². The first kappa shape index (κ1) is 23.7. The van der Waals surface area contributed by atoms with Gasteiger partial charge in [-0.1, -0.05) is 0 Å². The van der Waals surface area contributed by atoms with Gasteiger partial charge in [0, 0.05) is 12.4 Å². The number of rotatable bonds is 6. The number of nitrogens with one attached hydrogen (secondary N) is 1. The van der Waals surface area contributed by atoms with Crippen LogP contribution in [0.3, 0.4) is 0 Å². The Kier molecular flexibility index (Phi) is 5.77. The molecule has 1 atom stereocenters. The van der Waals surface area contributed by atoms with Crippen LogP contribution in [0.2, 0.25) is 0 Å². The number of aliphatic hydroxyl groups is 1. The largest absolute Gasteiger partial charge is 0.478 e. The fraction of sp³-hybridized carbons (Fsp3) is 0.286. The Morgan fingerprint density at radius 3 is 2.78 bits per heavy atom. The molecule has 0 spiro atoms. The SMILES string of the molecule is Cc1cc(Nc2cc(C3CC3)ccn2)nc(-c2cnc([C@]3(O)CCCc4cc(C(=O)O)c(F)cc43)s2)c1. The second kappa shape index (κ2) is 9.00. The van der Waals surface area contributed by atoms with E-state index in [1.807, 2.05) is 25.3 Å². The molecule has 0 amide bonds. The summed E-state index contributed by atoms with van der Waals surface area (Å²) in [6, 6.07) is 10.5. The second-order valence-electron chi connectivity index (χ2n) is 9.83. The average molecular weight is 517 g/mol. The number of aryl methyl sites for hydroxylation is 2. The Balaban J connectivity index is 1.32. The number of halogens is 1. The second-order valence-corrected chi connectivity index (χ2v) is 10.9. The van der Waals surface area contributed by atoms with Crippen LogP contribution in [-0.2, 0) is 12.0 Å². The van der Waals surface area contributed by atoms with Crippen LogP contribution in [0.4, 0.5) is 16.0 Å². The highest BCUT2D eigenvalue weighted by Gasteiger charge is 2.40. The van der Waals surface area contributed by atoms with Crippen molar-refractivity contribution in [2.24, 2.45) is 0 Å². The molecule has 3 N–H and O–H groups in total. The molecule has 4 aromatic rings. The third-order valence-corrected chi connectivity index (χ3v) is 8.19. The van der Waals surface area contributed by atoms with Gasteiger partial charge >= 0.3 is 5.97 Å². The molecule has 0 aliphatic heterocycles. The number of carbonyl (C=O) groups is 1. The van der Waals surface area contributed by atoms with Crippen LogP contribution < -0.4 is 5.32 Å². The molecule has 37 heavy (non-hydrogen) atoms. The molecule has 0 unspecified atom stereocenters. The lowest BCUT2D eigenvalue weighted by Crippen LogP contribution is -2.32. The summed E-state index contributed by atoms with van der Waals surface area (Å²) in [5.74, 6) is -0.154. The molecule has 9 heteroatoms. The number of carboxylic acids is 1. The Morgan fingerprint density at radius 2 is 2.00 bits per heavy atom. The summed E-state index contributed by atoms with van der Waals surface area (Å²) in [7, 11) is 0. The van der Waals surface area contributed by atoms with Gasteiger partial charge in [0.15, 0.2) is 0 Å². The summed E-state index contributed by atoms with van der Waals surface area (Å²) < 4.78 is 14.6. The molecular formula is C28H25FN4O3S. The normalized spacial score (nSPS) is 18.9. The number of nitrogens with zero attached hydrogens (tertiary/aromatic N) is 3. The van der Waals surface area contributed by atoms with Crippen molar-refractivity contribution < 1.29 is 19.4 Å². The predicted molar refractivity (Wildman–Crippen MR) is 139 cm³/mol. The zero-order valence-corrected chi connectivity index (χ0v) is 21.0. The molecule has 1 saturated carbocycles. The van der Waals surface area contributed by atoms with Crippen molar-refractivity contribution in [1.29, 1.82) is 0 Å². The van der Waals surface area contributed by atoms with E-state index >= 15 is 0 Å². The summed E-state index contributed by atoms with van der Waals surface area (Å²) in [4.78, 5) is 25.9. The predicted octanol–water partition coefficient (Wildman–Crippen LogP) is 5.94. The van der Waals surface area contributed by atoms with Crippen molar-refractivity contribution in [3.8, 4) is 10.6 Å². The summed E-state index contributed by atoms with van der Waals surface area (Å²) >= 11 is 1.30. The lowest BCUT2D eigenvalue weighted by Gasteiger charge is -2.33. The molecule has 0 bridgehead atoms. The van der Waals surface area contributed by atoms with Crippen LogP contribution in [0.25, 0.3) is 10.6 Å². The molecule has 1 aromatic carbocycles. The fourth-order valence-electron chi connectivity index (χ4n) is 5.02. The van der Waals surface area contributed by atoms with Gasteiger partial charge in [-0.15, -0.1) is 11.3 Å². The first-order valence-corrected chi connectivity index (χ1v) is 13.1. The molecule has 3 heterocycles. The zero-order chi connectivity index (χ0) is 25.7. The molecular weight excluding hydrogens is 491 g/mol. The van der Waals surface area contributed by atoms with E-state index in [0.717, 1.165) is 22.3 Å². The van der Waals surface area contributed by atoms with Gasteiger partial charge in [0.2, 0.25) is 0 Å². The Labute approximate surface area is 217 Å². The van der Waals surface area contributed by atoms with Crippen LogP contribution in [0.1, 0.15) is 69.2 Å². The lowest BCUT2D eigenvalue weighted by molar-refractivity contribution is 0.0601. The minimum absolute atomic E-state index is 0.371. The van der Waals surface area contributed by atoms with Crippen LogP contribution in [0.5, 0.6) is 0 Å². The molecule has 1 fully saturated rings. The van der Waals surface area contributed by atoms with Crippen LogP contribution >= 0.6 is 11.3 Å². The number of hydrogen-bond acceptors (Lipinski definition) is 7. The van der Waals surface area contributed by atoms with Crippen molar-refractivity contribution >= 4 is 28.9 Å². The first-order valence-electron chi connectivity index (χ1n) is 12.3. The maximum atomic E-state index is 14.6. The Bertz CT molecular complexity index is 1530. The molecule has 0 saturated heterocycles. The van der Waals surface area contributed by atoms with E-state index < -0.39 is 17.4 Å². The quantitative estimate of drug-likeness (QED) is 0.291. The van der Waals surface area contributed by atoms with E-state index in [-0.39, 0.29) is 5.56 Å². The molecule has 3 aromatic heterocycles. The van der Waals surface area contributed by atoms with Crippen molar-refractivity contribution in [2.45, 2.75) is 50.5 Å². The van der Waals surface area contributed by atoms with Crippen molar-refractivity contribution in [2.75, 3.05) is 5.32 Å². The van der Waals surface area contributed by atoms with Crippen LogP contribution in [0.15, 0.2) is 48.8 Å². The number of carboxylic acid groups (broad SMARTS) is 1. The summed E-state index contributed by atoms with van der Waals surface area (Å²) in [5.41, 5.74) is 2.12. The van der Waals surface area contributed by atoms with Gasteiger partial charge < -0.3 is 15.5 Å². The average Bonchev–Trinajstić information content (AvgIpc) is 3.59. The molecule has 2 aliphatic carbocycles. The Hall–Kier alpha value is -3.69. The van der Waals surface area contributed by atoms with Gasteiger partial charge in [0.1, 0.15) is 28.1 Å². The van der Waals surface area contributed by atoms with E-state index in [1.165, 1.54) is 35.8 Å². The highest BCUT2D eigenvalue weighted by Crippen LogP contribution is 2.44. The number of fused-ring (bicyclic) bond motifs is 1. The Morgan fingerprint density at radius 1 is 1.16 bits per heavy atom. The molecule has 2 aliphatic rings. The molecule has 7 nitrogen and oxygen atoms in total. The van der Waals surface area contributed by atoms with E-state index in [2.05, 4.69) is 27.4 Å². The summed E-state index contributed by atoms with van der Waals surface area (Å²) in [5, 5.41) is 24.7. The van der Waals surface area contributed by atoms with E-state index in [9.17, 15) is 19.4 Å². The highest BCUT2D eigenvalue weighted by atomic mass is 32.1. The maximum Gasteiger partial charge on any atom is 0.338 e. The van der Waals surface area contributed by atoms with E-state index in [1.54, 1.807) is 6.20 Å². The maximum absolute atomic E-state index is 14.6. The summed E-state index contributed by atoms with van der Waals surface area (Å²) in [6.07, 6.45) is 7.49. The third kappa shape index (κ3) is 4.49. The van der Waals surface area contributed by atoms with Gasteiger partial charge in [-0.05, 0) is 104 Å². The highest BCUT2D eigenvalue weighted by molar-refractivity contribution is 7.15. The number of thiazole rings is 1. The monoisotopic (exact) mass is 516 g/mol. The minimum Gasteiger partial charge on any atom is -0.478 e. The minimum atomic E-state index is -1.49. The number of pyridine rings is 2. The van der Waals surface area contributed by atoms with Gasteiger partial charge in [-0.2, -0.15) is 0 Å². The number of anilines is 2. The summed E-state index contributed by atoms with van der Waals surface area (Å²) in [6.45, 7) is 1.99. The van der Waals surface area contributed by atoms with Gasteiger partial charge in [-0.3, -0.25) is 0 Å². The van der Waals surface area contributed by atoms with E-state index in [0.29, 0.717) is 52.8 Å². The fourth-order valence-corrected chi connectivity index (χ4v) is 6.03. The van der Waals surface area contributed by atoms with Gasteiger partial charge in [0.05, 0.1) is 16.1 Å². The van der Waals surface area contributed by atoms with Crippen molar-refractivity contribution in [3.05, 3.63) is 87.4 Å². The zero-order valence-electron chi connectivity index (χ0n) is 20.2. The standard InChI is InChI=1S/C28H25FN4O3S/c1-15-9-22(32-25(10-15)33-24-12-17(6-8-30-24)16-4-5-16)23-14-31-27(37-23)28(36)7-2-3-18-11-19(26(34)35)21(29)13-20(18)28/h6,8-14,16,36H,2-5,7H2,1H3,(H,34,35)(H,30,32,33)/t28-/m0/s1. The number of aromatic nitrogens is 3. The van der Waals surface area contributed by atoms with Crippen molar-refractivity contribution in [3.63, 3.8) is 0 Å². The smallest absolute Gasteiger partial charge is 0.338 e. The third-order valence-electron chi connectivity index (χ3n) is 7.02. The molecule has 6 rings (SSSR count). The topological polar surface area (TPSA) is 108 Å². The van der Waals surface area contributed by atoms with Crippen LogP contribution in [0, 0.1) is 12.7 Å². The number of benzene rings is 1. The van der Waals surface area contributed by atoms with Gasteiger partial charge in [0.25, 0.3) is 0 Å². The van der Waals surface area contributed by atoms with Crippen molar-refractivity contribution in [1.82, 2.24) is 15.0 Å². The first-order chi connectivity index (χ1) is 17.8. The molecule has 0 radical (unpaired) electrons. The number of aromatic carboxylic acids is 1.